The molecule has 0 aromatic heterocycles. The largest absolute Gasteiger partial charge is 0.507 e. The fourth-order valence-corrected chi connectivity index (χ4v) is 2.07. The van der Waals surface area contributed by atoms with Crippen molar-refractivity contribution in [3.63, 3.8) is 0 Å². The number of hydrogen-bond donors (Lipinski definition) is 1. The Labute approximate surface area is 112 Å². The molecule has 0 amide bonds. The molecule has 1 rings (SSSR count). The molecular formula is C13H20O4S. The van der Waals surface area contributed by atoms with E-state index in [-0.39, 0.29) is 0 Å². The first-order chi connectivity index (χ1) is 8.84. The number of methoxy groups -OCH3 is 1. The summed E-state index contributed by atoms with van der Waals surface area (Å²) in [5, 5.41) is 9.54. The Hall–Kier alpha value is -0.750. The van der Waals surface area contributed by atoms with Gasteiger partial charge in [0, 0.05) is 17.8 Å². The molecule has 0 aliphatic rings. The Morgan fingerprint density at radius 3 is 2.39 bits per heavy atom. The van der Waals surface area contributed by atoms with Gasteiger partial charge in [0.05, 0.1) is 33.0 Å². The highest BCUT2D eigenvalue weighted by atomic mass is 32.2. The highest BCUT2D eigenvalue weighted by Crippen LogP contribution is 2.27. The first-order valence-corrected chi connectivity index (χ1v) is 6.88. The molecule has 0 saturated heterocycles. The lowest BCUT2D eigenvalue weighted by molar-refractivity contribution is 0.0286. The van der Waals surface area contributed by atoms with E-state index in [1.807, 2.05) is 18.2 Å². The number of thioether (sulfide) groups is 1. The van der Waals surface area contributed by atoms with Gasteiger partial charge < -0.3 is 19.3 Å². The Bertz CT molecular complexity index is 320. The Morgan fingerprint density at radius 1 is 1.00 bits per heavy atom. The Kier molecular flexibility index (Phi) is 8.67. The lowest BCUT2D eigenvalue weighted by Crippen LogP contribution is -2.09. The van der Waals surface area contributed by atoms with Crippen LogP contribution >= 0.6 is 11.8 Å². The van der Waals surface area contributed by atoms with Crippen molar-refractivity contribution in [2.75, 3.05) is 45.9 Å². The van der Waals surface area contributed by atoms with E-state index in [0.29, 0.717) is 38.8 Å². The molecule has 0 radical (unpaired) electrons. The van der Waals surface area contributed by atoms with Crippen molar-refractivity contribution in [2.24, 2.45) is 0 Å². The molecule has 4 nitrogen and oxygen atoms in total. The lowest BCUT2D eigenvalue weighted by Gasteiger charge is -2.06. The molecule has 0 unspecified atom stereocenters. The zero-order valence-electron chi connectivity index (χ0n) is 10.6. The summed E-state index contributed by atoms with van der Waals surface area (Å²) in [5.74, 6) is 1.14. The highest BCUT2D eigenvalue weighted by molar-refractivity contribution is 7.99. The number of aromatic hydroxyl groups is 1. The number of phenolic OH excluding ortho intramolecular Hbond substituents is 1. The molecule has 0 atom stereocenters. The number of rotatable bonds is 10. The normalized spacial score (nSPS) is 10.7. The van der Waals surface area contributed by atoms with Crippen molar-refractivity contribution in [3.05, 3.63) is 24.3 Å². The minimum atomic E-state index is 0.324. The minimum Gasteiger partial charge on any atom is -0.507 e. The van der Waals surface area contributed by atoms with Gasteiger partial charge in [0.2, 0.25) is 0 Å². The van der Waals surface area contributed by atoms with Crippen LogP contribution in [0.15, 0.2) is 29.2 Å². The summed E-state index contributed by atoms with van der Waals surface area (Å²) >= 11 is 1.58. The molecule has 0 bridgehead atoms. The van der Waals surface area contributed by atoms with Gasteiger partial charge in [0.25, 0.3) is 0 Å². The molecule has 0 heterocycles. The van der Waals surface area contributed by atoms with Crippen molar-refractivity contribution in [3.8, 4) is 5.75 Å². The monoisotopic (exact) mass is 272 g/mol. The van der Waals surface area contributed by atoms with Crippen LogP contribution in [0.2, 0.25) is 0 Å². The maximum Gasteiger partial charge on any atom is 0.129 e. The van der Waals surface area contributed by atoms with Crippen LogP contribution in [0.4, 0.5) is 0 Å². The third-order valence-corrected chi connectivity index (χ3v) is 3.18. The number of para-hydroxylation sites is 1. The van der Waals surface area contributed by atoms with Crippen LogP contribution in [0.25, 0.3) is 0 Å². The maximum atomic E-state index is 9.54. The molecule has 0 saturated carbocycles. The molecule has 18 heavy (non-hydrogen) atoms. The van der Waals surface area contributed by atoms with E-state index in [1.54, 1.807) is 24.9 Å². The van der Waals surface area contributed by atoms with Gasteiger partial charge in [-0.05, 0) is 12.1 Å². The van der Waals surface area contributed by atoms with Crippen molar-refractivity contribution >= 4 is 11.8 Å². The van der Waals surface area contributed by atoms with Gasteiger partial charge in [-0.1, -0.05) is 12.1 Å². The molecule has 1 aromatic carbocycles. The van der Waals surface area contributed by atoms with Gasteiger partial charge in [0.1, 0.15) is 5.75 Å². The quantitative estimate of drug-likeness (QED) is 0.522. The van der Waals surface area contributed by atoms with Gasteiger partial charge >= 0.3 is 0 Å². The minimum absolute atomic E-state index is 0.324. The number of ether oxygens (including phenoxy) is 3. The summed E-state index contributed by atoms with van der Waals surface area (Å²) in [6.45, 7) is 3.04. The molecule has 0 aliphatic heterocycles. The van der Waals surface area contributed by atoms with E-state index in [0.717, 1.165) is 10.6 Å². The molecular weight excluding hydrogens is 252 g/mol. The summed E-state index contributed by atoms with van der Waals surface area (Å²) in [7, 11) is 1.65. The first kappa shape index (κ1) is 15.3. The predicted molar refractivity (Wildman–Crippen MR) is 72.3 cm³/mol. The number of phenols is 1. The van der Waals surface area contributed by atoms with Crippen molar-refractivity contribution < 1.29 is 19.3 Å². The second-order valence-electron chi connectivity index (χ2n) is 3.53. The maximum absolute atomic E-state index is 9.54. The zero-order chi connectivity index (χ0) is 13.1. The van der Waals surface area contributed by atoms with Crippen LogP contribution in [0.3, 0.4) is 0 Å². The van der Waals surface area contributed by atoms with Gasteiger partial charge in [0.15, 0.2) is 0 Å². The van der Waals surface area contributed by atoms with Crippen molar-refractivity contribution in [1.29, 1.82) is 0 Å². The van der Waals surface area contributed by atoms with E-state index < -0.39 is 0 Å². The number of benzene rings is 1. The molecule has 0 aliphatic carbocycles. The zero-order valence-corrected chi connectivity index (χ0v) is 11.4. The second kappa shape index (κ2) is 10.2. The van der Waals surface area contributed by atoms with Crippen LogP contribution in [0, 0.1) is 0 Å². The molecule has 5 heteroatoms. The van der Waals surface area contributed by atoms with Crippen LogP contribution in [-0.4, -0.2) is 51.0 Å². The van der Waals surface area contributed by atoms with E-state index in [2.05, 4.69) is 0 Å². The summed E-state index contributed by atoms with van der Waals surface area (Å²) in [6.07, 6.45) is 0. The van der Waals surface area contributed by atoms with Crippen LogP contribution in [0.5, 0.6) is 5.75 Å². The summed E-state index contributed by atoms with van der Waals surface area (Å²) in [5.41, 5.74) is 0. The van der Waals surface area contributed by atoms with Crippen LogP contribution < -0.4 is 0 Å². The van der Waals surface area contributed by atoms with Gasteiger partial charge in [-0.2, -0.15) is 0 Å². The van der Waals surface area contributed by atoms with E-state index in [9.17, 15) is 5.11 Å². The third-order valence-electron chi connectivity index (χ3n) is 2.15. The summed E-state index contributed by atoms with van der Waals surface area (Å²) in [6, 6.07) is 7.31. The average molecular weight is 272 g/mol. The van der Waals surface area contributed by atoms with E-state index in [4.69, 9.17) is 14.2 Å². The van der Waals surface area contributed by atoms with Gasteiger partial charge in [-0.3, -0.25) is 0 Å². The third kappa shape index (κ3) is 6.86. The van der Waals surface area contributed by atoms with Crippen molar-refractivity contribution in [2.45, 2.75) is 4.90 Å². The molecule has 0 spiro atoms. The van der Waals surface area contributed by atoms with Crippen LogP contribution in [0.1, 0.15) is 0 Å². The standard InChI is InChI=1S/C13H20O4S/c1-15-6-7-16-8-9-17-10-11-18-13-5-3-2-4-12(13)14/h2-5,14H,6-11H2,1H3. The average Bonchev–Trinajstić information content (AvgIpc) is 2.39. The van der Waals surface area contributed by atoms with Crippen molar-refractivity contribution in [1.82, 2.24) is 0 Å². The summed E-state index contributed by atoms with van der Waals surface area (Å²) in [4.78, 5) is 0.887. The van der Waals surface area contributed by atoms with E-state index in [1.165, 1.54) is 0 Å². The molecule has 1 N–H and O–H groups in total. The SMILES string of the molecule is COCCOCCOCCSc1ccccc1O. The van der Waals surface area contributed by atoms with Gasteiger partial charge in [-0.15, -0.1) is 11.8 Å². The highest BCUT2D eigenvalue weighted by Gasteiger charge is 1.99. The topological polar surface area (TPSA) is 47.9 Å². The predicted octanol–water partition coefficient (Wildman–Crippen LogP) is 2.16. The van der Waals surface area contributed by atoms with Gasteiger partial charge in [-0.25, -0.2) is 0 Å². The Morgan fingerprint density at radius 2 is 1.67 bits per heavy atom. The lowest BCUT2D eigenvalue weighted by atomic mass is 10.3. The van der Waals surface area contributed by atoms with E-state index >= 15 is 0 Å². The molecule has 102 valence electrons. The second-order valence-corrected chi connectivity index (χ2v) is 4.67. The van der Waals surface area contributed by atoms with Crippen LogP contribution in [-0.2, 0) is 14.2 Å². The first-order valence-electron chi connectivity index (χ1n) is 5.90. The number of hydrogen-bond acceptors (Lipinski definition) is 5. The fourth-order valence-electron chi connectivity index (χ4n) is 1.25. The summed E-state index contributed by atoms with van der Waals surface area (Å²) < 4.78 is 15.5. The Balaban J connectivity index is 1.94. The molecule has 0 fully saturated rings. The molecule has 1 aromatic rings. The smallest absolute Gasteiger partial charge is 0.129 e. The fraction of sp³-hybridized carbons (Fsp3) is 0.538.